The number of benzene rings is 2. The summed E-state index contributed by atoms with van der Waals surface area (Å²) in [4.78, 5) is 22.8. The average molecular weight is 396 g/mol. The molecule has 7 heteroatoms. The highest BCUT2D eigenvalue weighted by Crippen LogP contribution is 2.28. The molecule has 1 N–H and O–H groups in total. The van der Waals surface area contributed by atoms with Gasteiger partial charge in [0.05, 0.1) is 6.61 Å². The number of rotatable bonds is 9. The number of carbonyl (C=O) groups excluding carboxylic acids is 2. The lowest BCUT2D eigenvalue weighted by Crippen LogP contribution is -2.30. The third-order valence-corrected chi connectivity index (χ3v) is 4.08. The van der Waals surface area contributed by atoms with Crippen LogP contribution in [0.3, 0.4) is 0 Å². The monoisotopic (exact) mass is 395 g/mol. The van der Waals surface area contributed by atoms with Crippen molar-refractivity contribution in [3.05, 3.63) is 57.6 Å². The van der Waals surface area contributed by atoms with E-state index in [-0.39, 0.29) is 12.5 Å². The second kappa shape index (κ2) is 10.0. The molecule has 0 fully saturated rings. The molecule has 138 valence electrons. The summed E-state index contributed by atoms with van der Waals surface area (Å²) in [6.45, 7) is 2.51. The van der Waals surface area contributed by atoms with Gasteiger partial charge in [0.2, 0.25) is 0 Å². The van der Waals surface area contributed by atoms with Gasteiger partial charge >= 0.3 is 0 Å². The fourth-order valence-electron chi connectivity index (χ4n) is 2.24. The van der Waals surface area contributed by atoms with Crippen LogP contribution in [0, 0.1) is 0 Å². The molecule has 0 spiro atoms. The molecule has 0 saturated heterocycles. The number of ether oxygens (including phenoxy) is 2. The van der Waals surface area contributed by atoms with Gasteiger partial charge in [-0.1, -0.05) is 29.3 Å². The molecule has 0 aromatic heterocycles. The Bertz CT molecular complexity index is 780. The first kappa shape index (κ1) is 20.1. The SMILES string of the molecule is CCOc1cc(C=O)ccc1OCC(=O)NCCc1ccc(Cl)cc1Cl. The first-order valence-electron chi connectivity index (χ1n) is 8.09. The van der Waals surface area contributed by atoms with Gasteiger partial charge in [-0.2, -0.15) is 0 Å². The third kappa shape index (κ3) is 5.93. The quantitative estimate of drug-likeness (QED) is 0.652. The molecule has 0 aliphatic heterocycles. The molecule has 2 rings (SSSR count). The molecule has 0 atom stereocenters. The highest BCUT2D eigenvalue weighted by molar-refractivity contribution is 6.35. The van der Waals surface area contributed by atoms with Crippen LogP contribution in [0.15, 0.2) is 36.4 Å². The predicted octanol–water partition coefficient (Wildman–Crippen LogP) is 3.94. The third-order valence-electron chi connectivity index (χ3n) is 3.49. The molecule has 0 heterocycles. The Balaban J connectivity index is 1.84. The summed E-state index contributed by atoms with van der Waals surface area (Å²) in [7, 11) is 0. The van der Waals surface area contributed by atoms with E-state index < -0.39 is 0 Å². The van der Waals surface area contributed by atoms with Crippen LogP contribution < -0.4 is 14.8 Å². The van der Waals surface area contributed by atoms with Crippen molar-refractivity contribution < 1.29 is 19.1 Å². The van der Waals surface area contributed by atoms with Gasteiger partial charge in [0.1, 0.15) is 6.29 Å². The summed E-state index contributed by atoms with van der Waals surface area (Å²) in [6.07, 6.45) is 1.31. The number of amides is 1. The maximum absolute atomic E-state index is 12.0. The van der Waals surface area contributed by atoms with Gasteiger partial charge in [-0.25, -0.2) is 0 Å². The van der Waals surface area contributed by atoms with E-state index in [1.54, 1.807) is 30.3 Å². The Morgan fingerprint density at radius 1 is 1.12 bits per heavy atom. The maximum atomic E-state index is 12.0. The van der Waals surface area contributed by atoms with E-state index in [0.29, 0.717) is 46.7 Å². The Morgan fingerprint density at radius 2 is 1.92 bits per heavy atom. The summed E-state index contributed by atoms with van der Waals surface area (Å²) in [6, 6.07) is 10.0. The molecule has 0 aliphatic carbocycles. The van der Waals surface area contributed by atoms with E-state index in [9.17, 15) is 9.59 Å². The van der Waals surface area contributed by atoms with Gasteiger partial charge in [-0.15, -0.1) is 0 Å². The van der Waals surface area contributed by atoms with Crippen molar-refractivity contribution in [3.63, 3.8) is 0 Å². The fourth-order valence-corrected chi connectivity index (χ4v) is 2.74. The minimum Gasteiger partial charge on any atom is -0.490 e. The number of hydrogen-bond donors (Lipinski definition) is 1. The van der Waals surface area contributed by atoms with Crippen molar-refractivity contribution in [1.82, 2.24) is 5.32 Å². The minimum absolute atomic E-state index is 0.158. The first-order chi connectivity index (χ1) is 12.5. The number of halogens is 2. The number of nitrogens with one attached hydrogen (secondary N) is 1. The molecule has 0 bridgehead atoms. The Labute approximate surface area is 162 Å². The van der Waals surface area contributed by atoms with Gasteiger partial charge in [0.25, 0.3) is 5.91 Å². The lowest BCUT2D eigenvalue weighted by Gasteiger charge is -2.12. The maximum Gasteiger partial charge on any atom is 0.257 e. The van der Waals surface area contributed by atoms with Crippen molar-refractivity contribution in [3.8, 4) is 11.5 Å². The van der Waals surface area contributed by atoms with Crippen LogP contribution in [0.2, 0.25) is 10.0 Å². The topological polar surface area (TPSA) is 64.6 Å². The normalized spacial score (nSPS) is 10.3. The van der Waals surface area contributed by atoms with Gasteiger partial charge in [-0.3, -0.25) is 9.59 Å². The number of carbonyl (C=O) groups is 2. The molecule has 0 saturated carbocycles. The average Bonchev–Trinajstić information content (AvgIpc) is 2.62. The van der Waals surface area contributed by atoms with Gasteiger partial charge in [0.15, 0.2) is 18.1 Å². The molecular formula is C19H19Cl2NO4. The lowest BCUT2D eigenvalue weighted by atomic mass is 10.1. The standard InChI is InChI=1S/C19H19Cl2NO4/c1-2-25-18-9-13(11-23)3-6-17(18)26-12-19(24)22-8-7-14-4-5-15(20)10-16(14)21/h3-6,9-11H,2,7-8,12H2,1H3,(H,22,24). The summed E-state index contributed by atoms with van der Waals surface area (Å²) in [5.74, 6) is 0.572. The van der Waals surface area contributed by atoms with E-state index in [1.165, 1.54) is 0 Å². The Hall–Kier alpha value is -2.24. The molecule has 0 aliphatic rings. The zero-order valence-electron chi connectivity index (χ0n) is 14.3. The Morgan fingerprint density at radius 3 is 2.62 bits per heavy atom. The second-order valence-electron chi connectivity index (χ2n) is 5.38. The van der Waals surface area contributed by atoms with Crippen LogP contribution in [0.5, 0.6) is 11.5 Å². The van der Waals surface area contributed by atoms with E-state index >= 15 is 0 Å². The van der Waals surface area contributed by atoms with Crippen LogP contribution in [0.4, 0.5) is 0 Å². The first-order valence-corrected chi connectivity index (χ1v) is 8.84. The van der Waals surface area contributed by atoms with E-state index in [2.05, 4.69) is 5.32 Å². The molecule has 1 amide bonds. The molecule has 2 aromatic rings. The Kier molecular flexibility index (Phi) is 7.75. The molecule has 26 heavy (non-hydrogen) atoms. The van der Waals surface area contributed by atoms with E-state index in [0.717, 1.165) is 11.8 Å². The highest BCUT2D eigenvalue weighted by Gasteiger charge is 2.09. The van der Waals surface area contributed by atoms with Crippen molar-refractivity contribution in [2.75, 3.05) is 19.8 Å². The van der Waals surface area contributed by atoms with Crippen LogP contribution in [0.25, 0.3) is 0 Å². The van der Waals surface area contributed by atoms with E-state index in [1.807, 2.05) is 13.0 Å². The lowest BCUT2D eigenvalue weighted by molar-refractivity contribution is -0.123. The largest absolute Gasteiger partial charge is 0.490 e. The van der Waals surface area contributed by atoms with Gasteiger partial charge in [-0.05, 0) is 49.2 Å². The molecule has 2 aromatic carbocycles. The minimum atomic E-state index is -0.267. The molecular weight excluding hydrogens is 377 g/mol. The summed E-state index contributed by atoms with van der Waals surface area (Å²) >= 11 is 12.0. The van der Waals surface area contributed by atoms with Crippen LogP contribution in [0.1, 0.15) is 22.8 Å². The zero-order chi connectivity index (χ0) is 18.9. The van der Waals surface area contributed by atoms with Crippen LogP contribution in [-0.4, -0.2) is 32.0 Å². The predicted molar refractivity (Wildman–Crippen MR) is 102 cm³/mol. The molecule has 0 radical (unpaired) electrons. The van der Waals surface area contributed by atoms with Crippen molar-refractivity contribution in [2.45, 2.75) is 13.3 Å². The number of aldehydes is 1. The molecule has 5 nitrogen and oxygen atoms in total. The van der Waals surface area contributed by atoms with Crippen molar-refractivity contribution in [1.29, 1.82) is 0 Å². The highest BCUT2D eigenvalue weighted by atomic mass is 35.5. The molecule has 0 unspecified atom stereocenters. The number of hydrogen-bond acceptors (Lipinski definition) is 4. The summed E-state index contributed by atoms with van der Waals surface area (Å²) in [5, 5.41) is 3.90. The van der Waals surface area contributed by atoms with Crippen LogP contribution in [-0.2, 0) is 11.2 Å². The van der Waals surface area contributed by atoms with Gasteiger partial charge in [0, 0.05) is 22.2 Å². The smallest absolute Gasteiger partial charge is 0.257 e. The summed E-state index contributed by atoms with van der Waals surface area (Å²) in [5.41, 5.74) is 1.38. The van der Waals surface area contributed by atoms with Crippen LogP contribution >= 0.6 is 23.2 Å². The van der Waals surface area contributed by atoms with Crippen molar-refractivity contribution in [2.24, 2.45) is 0 Å². The zero-order valence-corrected chi connectivity index (χ0v) is 15.8. The van der Waals surface area contributed by atoms with Crippen molar-refractivity contribution >= 4 is 35.4 Å². The fraction of sp³-hybridized carbons (Fsp3) is 0.263. The van der Waals surface area contributed by atoms with E-state index in [4.69, 9.17) is 32.7 Å². The second-order valence-corrected chi connectivity index (χ2v) is 6.23. The summed E-state index contributed by atoms with van der Waals surface area (Å²) < 4.78 is 10.9. The van der Waals surface area contributed by atoms with Gasteiger partial charge < -0.3 is 14.8 Å².